The van der Waals surface area contributed by atoms with Gasteiger partial charge in [-0.05, 0) is 30.4 Å². The van der Waals surface area contributed by atoms with Crippen molar-refractivity contribution in [1.82, 2.24) is 5.32 Å². The van der Waals surface area contributed by atoms with Crippen LogP contribution >= 0.6 is 0 Å². The maximum Gasteiger partial charge on any atom is 0.294 e. The summed E-state index contributed by atoms with van der Waals surface area (Å²) in [7, 11) is 0. The van der Waals surface area contributed by atoms with E-state index in [2.05, 4.69) is 5.32 Å². The molecule has 0 unspecified atom stereocenters. The molecule has 3 rings (SSSR count). The number of carbonyl (C=O) groups excluding carboxylic acids is 2. The van der Waals surface area contributed by atoms with E-state index < -0.39 is 5.91 Å². The predicted molar refractivity (Wildman–Crippen MR) is 65.4 cm³/mol. The van der Waals surface area contributed by atoms with Crippen LogP contribution in [0, 0.1) is 5.92 Å². The second-order valence-corrected chi connectivity index (χ2v) is 5.22. The fraction of sp³-hybridized carbons (Fsp3) is 0.571. The molecular formula is C14H17NO3. The lowest BCUT2D eigenvalue weighted by atomic mass is 9.97. The standard InChI is InChI=1S/C14H17NO3/c16-13-11-10(4-2-1-3-9-5-6-9)7-8-18-12(11)14(17)15-13/h7,9H,1-6,8H2,(H,15,16,17). The molecule has 3 aliphatic rings. The first-order chi connectivity index (χ1) is 8.75. The third-order valence-corrected chi connectivity index (χ3v) is 3.77. The first kappa shape index (κ1) is 11.5. The molecule has 0 atom stereocenters. The molecule has 0 aromatic carbocycles. The summed E-state index contributed by atoms with van der Waals surface area (Å²) in [5.74, 6) is 0.487. The van der Waals surface area contributed by atoms with Crippen LogP contribution in [0.3, 0.4) is 0 Å². The van der Waals surface area contributed by atoms with Crippen LogP contribution in [-0.2, 0) is 14.3 Å². The smallest absolute Gasteiger partial charge is 0.294 e. The van der Waals surface area contributed by atoms with E-state index in [1.54, 1.807) is 0 Å². The zero-order valence-electron chi connectivity index (χ0n) is 10.3. The zero-order chi connectivity index (χ0) is 12.5. The van der Waals surface area contributed by atoms with Gasteiger partial charge in [-0.1, -0.05) is 25.7 Å². The molecule has 1 N–H and O–H groups in total. The van der Waals surface area contributed by atoms with E-state index >= 15 is 0 Å². The molecule has 2 aliphatic heterocycles. The SMILES string of the molecule is O=C1NC(=O)C2=C1OCC=C2CCCCC1CC1. The molecule has 1 fully saturated rings. The molecule has 4 nitrogen and oxygen atoms in total. The van der Waals surface area contributed by atoms with Gasteiger partial charge in [0.15, 0.2) is 5.76 Å². The van der Waals surface area contributed by atoms with Gasteiger partial charge in [-0.2, -0.15) is 0 Å². The van der Waals surface area contributed by atoms with Crippen molar-refractivity contribution >= 4 is 11.8 Å². The van der Waals surface area contributed by atoms with Gasteiger partial charge in [0.1, 0.15) is 6.61 Å². The van der Waals surface area contributed by atoms with Gasteiger partial charge in [-0.25, -0.2) is 0 Å². The Hall–Kier alpha value is -1.58. The molecule has 4 heteroatoms. The molecule has 2 amide bonds. The van der Waals surface area contributed by atoms with Crippen molar-refractivity contribution in [3.05, 3.63) is 23.0 Å². The van der Waals surface area contributed by atoms with E-state index in [0.717, 1.165) is 24.3 Å². The van der Waals surface area contributed by atoms with Gasteiger partial charge in [-0.15, -0.1) is 0 Å². The van der Waals surface area contributed by atoms with Crippen LogP contribution < -0.4 is 5.32 Å². The van der Waals surface area contributed by atoms with Crippen LogP contribution in [0.25, 0.3) is 0 Å². The summed E-state index contributed by atoms with van der Waals surface area (Å²) in [5, 5.41) is 2.29. The Morgan fingerprint density at radius 3 is 2.83 bits per heavy atom. The third-order valence-electron chi connectivity index (χ3n) is 3.77. The summed E-state index contributed by atoms with van der Waals surface area (Å²) in [6.07, 6.45) is 9.18. The number of nitrogens with one attached hydrogen (secondary N) is 1. The fourth-order valence-electron chi connectivity index (χ4n) is 2.58. The molecule has 0 aromatic heterocycles. The van der Waals surface area contributed by atoms with Gasteiger partial charge in [0.05, 0.1) is 5.57 Å². The summed E-state index contributed by atoms with van der Waals surface area (Å²) < 4.78 is 5.24. The lowest BCUT2D eigenvalue weighted by molar-refractivity contribution is -0.125. The Morgan fingerprint density at radius 2 is 2.06 bits per heavy atom. The summed E-state index contributed by atoms with van der Waals surface area (Å²) in [4.78, 5) is 23.1. The Balaban J connectivity index is 1.60. The topological polar surface area (TPSA) is 55.4 Å². The third kappa shape index (κ3) is 2.19. The van der Waals surface area contributed by atoms with Gasteiger partial charge in [0.25, 0.3) is 11.8 Å². The highest BCUT2D eigenvalue weighted by molar-refractivity contribution is 6.20. The maximum absolute atomic E-state index is 11.7. The van der Waals surface area contributed by atoms with Crippen molar-refractivity contribution in [2.24, 2.45) is 5.92 Å². The summed E-state index contributed by atoms with van der Waals surface area (Å²) in [6.45, 7) is 0.400. The monoisotopic (exact) mass is 247 g/mol. The lowest BCUT2D eigenvalue weighted by Crippen LogP contribution is -2.23. The lowest BCUT2D eigenvalue weighted by Gasteiger charge is -2.14. The summed E-state index contributed by atoms with van der Waals surface area (Å²) >= 11 is 0. The Bertz CT molecular complexity index is 458. The minimum Gasteiger partial charge on any atom is -0.483 e. The summed E-state index contributed by atoms with van der Waals surface area (Å²) in [6, 6.07) is 0. The molecule has 0 spiro atoms. The molecule has 96 valence electrons. The number of ether oxygens (including phenoxy) is 1. The average Bonchev–Trinajstić information content (AvgIpc) is 3.13. The zero-order valence-corrected chi connectivity index (χ0v) is 10.3. The quantitative estimate of drug-likeness (QED) is 0.595. The highest BCUT2D eigenvalue weighted by atomic mass is 16.5. The van der Waals surface area contributed by atoms with Crippen molar-refractivity contribution in [2.45, 2.75) is 38.5 Å². The molecule has 0 aromatic rings. The van der Waals surface area contributed by atoms with Crippen LogP contribution in [0.4, 0.5) is 0 Å². The molecule has 1 saturated carbocycles. The fourth-order valence-corrected chi connectivity index (χ4v) is 2.58. The first-order valence-electron chi connectivity index (χ1n) is 6.68. The van der Waals surface area contributed by atoms with E-state index in [1.165, 1.54) is 25.7 Å². The Morgan fingerprint density at radius 1 is 1.22 bits per heavy atom. The molecular weight excluding hydrogens is 230 g/mol. The molecule has 18 heavy (non-hydrogen) atoms. The minimum atomic E-state index is -0.390. The van der Waals surface area contributed by atoms with Gasteiger partial charge < -0.3 is 4.74 Å². The second-order valence-electron chi connectivity index (χ2n) is 5.22. The first-order valence-corrected chi connectivity index (χ1v) is 6.68. The minimum absolute atomic E-state index is 0.222. The highest BCUT2D eigenvalue weighted by Crippen LogP contribution is 2.35. The normalized spacial score (nSPS) is 22.6. The number of rotatable bonds is 5. The highest BCUT2D eigenvalue weighted by Gasteiger charge is 2.35. The van der Waals surface area contributed by atoms with E-state index in [0.29, 0.717) is 12.2 Å². The van der Waals surface area contributed by atoms with Crippen molar-refractivity contribution in [1.29, 1.82) is 0 Å². The van der Waals surface area contributed by atoms with E-state index in [9.17, 15) is 9.59 Å². The molecule has 1 aliphatic carbocycles. The number of unbranched alkanes of at least 4 members (excludes halogenated alkanes) is 1. The average molecular weight is 247 g/mol. The number of carbonyl (C=O) groups is 2. The van der Waals surface area contributed by atoms with Gasteiger partial charge in [-0.3, -0.25) is 14.9 Å². The molecule has 0 saturated heterocycles. The Labute approximate surface area is 106 Å². The van der Waals surface area contributed by atoms with E-state index in [4.69, 9.17) is 4.74 Å². The van der Waals surface area contributed by atoms with Gasteiger partial charge in [0, 0.05) is 0 Å². The largest absolute Gasteiger partial charge is 0.483 e. The predicted octanol–water partition coefficient (Wildman–Crippen LogP) is 1.82. The van der Waals surface area contributed by atoms with Crippen LogP contribution in [0.1, 0.15) is 38.5 Å². The number of hydrogen-bond acceptors (Lipinski definition) is 3. The van der Waals surface area contributed by atoms with Gasteiger partial charge >= 0.3 is 0 Å². The van der Waals surface area contributed by atoms with Crippen molar-refractivity contribution in [3.63, 3.8) is 0 Å². The van der Waals surface area contributed by atoms with Crippen LogP contribution in [0.5, 0.6) is 0 Å². The Kier molecular flexibility index (Phi) is 2.94. The van der Waals surface area contributed by atoms with E-state index in [-0.39, 0.29) is 11.7 Å². The summed E-state index contributed by atoms with van der Waals surface area (Å²) in [5.41, 5.74) is 1.45. The van der Waals surface area contributed by atoms with Crippen LogP contribution in [0.2, 0.25) is 0 Å². The van der Waals surface area contributed by atoms with Crippen LogP contribution in [0.15, 0.2) is 23.0 Å². The van der Waals surface area contributed by atoms with Crippen molar-refractivity contribution in [2.75, 3.05) is 6.61 Å². The van der Waals surface area contributed by atoms with Crippen molar-refractivity contribution < 1.29 is 14.3 Å². The van der Waals surface area contributed by atoms with Gasteiger partial charge in [0.2, 0.25) is 0 Å². The van der Waals surface area contributed by atoms with Crippen LogP contribution in [-0.4, -0.2) is 18.4 Å². The number of amides is 2. The maximum atomic E-state index is 11.7. The second kappa shape index (κ2) is 4.59. The van der Waals surface area contributed by atoms with Crippen molar-refractivity contribution in [3.8, 4) is 0 Å². The van der Waals surface area contributed by atoms with E-state index in [1.807, 2.05) is 6.08 Å². The molecule has 0 bridgehead atoms. The number of hydrogen-bond donors (Lipinski definition) is 1. The molecule has 0 radical (unpaired) electrons. The molecule has 2 heterocycles. The number of imide groups is 1.